The molecule has 3 aromatic carbocycles. The lowest BCUT2D eigenvalue weighted by Gasteiger charge is -2.32. The molecule has 2 aliphatic heterocycles. The van der Waals surface area contributed by atoms with E-state index in [1.165, 1.54) is 6.07 Å². The summed E-state index contributed by atoms with van der Waals surface area (Å²) in [6.07, 6.45) is 1.90. The fourth-order valence-corrected chi connectivity index (χ4v) is 5.97. The van der Waals surface area contributed by atoms with Gasteiger partial charge < -0.3 is 23.9 Å². The summed E-state index contributed by atoms with van der Waals surface area (Å²) in [6, 6.07) is 16.1. The van der Waals surface area contributed by atoms with E-state index >= 15 is 0 Å². The number of carbonyl (C=O) groups is 1. The fourth-order valence-electron chi connectivity index (χ4n) is 5.97. The Labute approximate surface area is 243 Å². The molecule has 1 aromatic heterocycles. The first-order valence-electron chi connectivity index (χ1n) is 14.0. The van der Waals surface area contributed by atoms with Crippen LogP contribution in [-0.4, -0.2) is 52.3 Å². The van der Waals surface area contributed by atoms with Crippen molar-refractivity contribution in [3.8, 4) is 11.5 Å². The van der Waals surface area contributed by atoms with E-state index in [-0.39, 0.29) is 16.1 Å². The van der Waals surface area contributed by atoms with Crippen molar-refractivity contribution in [2.75, 3.05) is 26.8 Å². The number of imidazole rings is 1. The molecule has 0 amide bonds. The van der Waals surface area contributed by atoms with Crippen molar-refractivity contribution >= 4 is 17.0 Å². The maximum absolute atomic E-state index is 13.9. The van der Waals surface area contributed by atoms with Crippen LogP contribution in [0, 0.1) is 12.7 Å². The standard InChI is InChI=1S/C32H34FN3O5.FH/c1-20-17-23(8-9-25(20)33)32(2)40-28-6-4-5-24(30(28)41-32)21-11-13-35(14-12-21)19-29-34-26-10-7-22(31(37)38)18-27(26)36(29)15-16-39-3;/h4-10,17-18,21H,11-16,19H2,1-3H3,(H,37,38);1H. The molecule has 6 rings (SSSR count). The molecule has 1 unspecified atom stereocenters. The predicted molar refractivity (Wildman–Crippen MR) is 155 cm³/mol. The molecule has 0 bridgehead atoms. The van der Waals surface area contributed by atoms with Crippen LogP contribution in [0.15, 0.2) is 54.6 Å². The van der Waals surface area contributed by atoms with Gasteiger partial charge in [0, 0.05) is 31.7 Å². The highest BCUT2D eigenvalue weighted by molar-refractivity contribution is 5.92. The topological polar surface area (TPSA) is 86.0 Å². The second-order valence-electron chi connectivity index (χ2n) is 11.0. The van der Waals surface area contributed by atoms with E-state index < -0.39 is 11.8 Å². The van der Waals surface area contributed by atoms with Crippen LogP contribution in [0.5, 0.6) is 11.5 Å². The molecule has 222 valence electrons. The number of carboxylic acids is 1. The molecule has 3 heterocycles. The Kier molecular flexibility index (Phi) is 8.21. The molecule has 0 aliphatic carbocycles. The van der Waals surface area contributed by atoms with Gasteiger partial charge >= 0.3 is 5.97 Å². The minimum Gasteiger partial charge on any atom is -0.478 e. The molecular weight excluding hydrogens is 544 g/mol. The minimum atomic E-state index is -1.01. The van der Waals surface area contributed by atoms with Gasteiger partial charge in [-0.15, -0.1) is 0 Å². The zero-order valence-electron chi connectivity index (χ0n) is 23.9. The van der Waals surface area contributed by atoms with Crippen LogP contribution >= 0.6 is 0 Å². The lowest BCUT2D eigenvalue weighted by molar-refractivity contribution is -0.0686. The quantitative estimate of drug-likeness (QED) is 0.274. The molecule has 10 heteroatoms. The number of benzene rings is 3. The number of halogens is 2. The van der Waals surface area contributed by atoms with Gasteiger partial charge in [-0.3, -0.25) is 9.60 Å². The maximum Gasteiger partial charge on any atom is 0.335 e. The average molecular weight is 580 g/mol. The predicted octanol–water partition coefficient (Wildman–Crippen LogP) is 6.00. The van der Waals surface area contributed by atoms with E-state index in [4.69, 9.17) is 19.2 Å². The Morgan fingerprint density at radius 2 is 1.93 bits per heavy atom. The van der Waals surface area contributed by atoms with Crippen molar-refractivity contribution in [3.05, 3.63) is 88.5 Å². The Balaban J connectivity index is 0.00000353. The number of ether oxygens (including phenoxy) is 3. The van der Waals surface area contributed by atoms with Gasteiger partial charge in [-0.2, -0.15) is 0 Å². The van der Waals surface area contributed by atoms with Crippen LogP contribution in [0.1, 0.15) is 58.6 Å². The van der Waals surface area contributed by atoms with Crippen LogP contribution in [0.25, 0.3) is 11.0 Å². The summed E-state index contributed by atoms with van der Waals surface area (Å²) in [5, 5.41) is 9.47. The van der Waals surface area contributed by atoms with E-state index in [9.17, 15) is 14.3 Å². The number of piperidine rings is 1. The van der Waals surface area contributed by atoms with Gasteiger partial charge in [-0.25, -0.2) is 14.2 Å². The smallest absolute Gasteiger partial charge is 0.335 e. The van der Waals surface area contributed by atoms with Crippen LogP contribution in [-0.2, 0) is 23.6 Å². The number of likely N-dealkylation sites (tertiary alicyclic amines) is 1. The number of nitrogens with zero attached hydrogens (tertiary/aromatic N) is 3. The monoisotopic (exact) mass is 579 g/mol. The third kappa shape index (κ3) is 5.44. The number of aryl methyl sites for hydroxylation is 1. The van der Waals surface area contributed by atoms with Crippen LogP contribution < -0.4 is 9.47 Å². The van der Waals surface area contributed by atoms with Crippen molar-refractivity contribution in [1.82, 2.24) is 14.5 Å². The molecule has 1 atom stereocenters. The summed E-state index contributed by atoms with van der Waals surface area (Å²) in [6.45, 7) is 7.17. The van der Waals surface area contributed by atoms with E-state index in [0.717, 1.165) is 59.7 Å². The third-order valence-corrected chi connectivity index (χ3v) is 8.28. The van der Waals surface area contributed by atoms with Crippen LogP contribution in [0.2, 0.25) is 0 Å². The molecule has 2 aliphatic rings. The van der Waals surface area contributed by atoms with Gasteiger partial charge in [-0.05, 0) is 86.8 Å². The lowest BCUT2D eigenvalue weighted by atomic mass is 9.88. The highest BCUT2D eigenvalue weighted by atomic mass is 19.1. The number of hydrogen-bond acceptors (Lipinski definition) is 6. The van der Waals surface area contributed by atoms with Crippen molar-refractivity contribution in [1.29, 1.82) is 0 Å². The number of methoxy groups -OCH3 is 1. The summed E-state index contributed by atoms with van der Waals surface area (Å²) in [4.78, 5) is 18.8. The Morgan fingerprint density at radius 3 is 2.64 bits per heavy atom. The second kappa shape index (κ2) is 11.7. The molecule has 1 fully saturated rings. The third-order valence-electron chi connectivity index (χ3n) is 8.28. The minimum absolute atomic E-state index is 0. The van der Waals surface area contributed by atoms with Crippen LogP contribution in [0.4, 0.5) is 9.09 Å². The first kappa shape index (κ1) is 29.5. The Morgan fingerprint density at radius 1 is 1.14 bits per heavy atom. The van der Waals surface area contributed by atoms with Gasteiger partial charge in [0.2, 0.25) is 0 Å². The molecular formula is C32H35F2N3O5. The van der Waals surface area contributed by atoms with Gasteiger partial charge in [0.1, 0.15) is 11.6 Å². The Bertz CT molecular complexity index is 1620. The zero-order chi connectivity index (χ0) is 28.7. The zero-order valence-corrected chi connectivity index (χ0v) is 23.9. The van der Waals surface area contributed by atoms with Crippen molar-refractivity contribution in [2.45, 2.75) is 51.5 Å². The summed E-state index contributed by atoms with van der Waals surface area (Å²) >= 11 is 0. The largest absolute Gasteiger partial charge is 0.478 e. The van der Waals surface area contributed by atoms with E-state index in [2.05, 4.69) is 15.5 Å². The number of aromatic nitrogens is 2. The van der Waals surface area contributed by atoms with Gasteiger partial charge in [0.15, 0.2) is 11.5 Å². The molecule has 4 aromatic rings. The summed E-state index contributed by atoms with van der Waals surface area (Å²) in [5.74, 6) is 0.477. The maximum atomic E-state index is 13.9. The Hall–Kier alpha value is -4.02. The molecule has 8 nitrogen and oxygen atoms in total. The number of fused-ring (bicyclic) bond motifs is 2. The molecule has 0 radical (unpaired) electrons. The van der Waals surface area contributed by atoms with Crippen molar-refractivity contribution < 1.29 is 33.2 Å². The van der Waals surface area contributed by atoms with Crippen molar-refractivity contribution in [2.24, 2.45) is 0 Å². The molecule has 1 N–H and O–H groups in total. The molecule has 0 saturated carbocycles. The summed E-state index contributed by atoms with van der Waals surface area (Å²) < 4.78 is 34.1. The second-order valence-corrected chi connectivity index (χ2v) is 11.0. The summed E-state index contributed by atoms with van der Waals surface area (Å²) in [7, 11) is 1.66. The number of hydrogen-bond donors (Lipinski definition) is 1. The van der Waals surface area contributed by atoms with Gasteiger partial charge in [-0.1, -0.05) is 12.1 Å². The van der Waals surface area contributed by atoms with Crippen LogP contribution in [0.3, 0.4) is 0 Å². The van der Waals surface area contributed by atoms with E-state index in [0.29, 0.717) is 36.9 Å². The highest BCUT2D eigenvalue weighted by Gasteiger charge is 2.41. The molecule has 0 spiro atoms. The lowest BCUT2D eigenvalue weighted by Crippen LogP contribution is -2.34. The summed E-state index contributed by atoms with van der Waals surface area (Å²) in [5.41, 5.74) is 4.31. The van der Waals surface area contributed by atoms with Gasteiger partial charge in [0.05, 0.1) is 29.7 Å². The number of carboxylic acid groups (broad SMARTS) is 1. The van der Waals surface area contributed by atoms with E-state index in [1.807, 2.05) is 19.1 Å². The average Bonchev–Trinajstić information content (AvgIpc) is 3.50. The number of para-hydroxylation sites is 1. The SMILES string of the molecule is COCCn1c(CN2CCC(c3cccc4c3OC(C)(c3ccc(F)c(C)c3)O4)CC2)nc2ccc(C(=O)O)cc21.F. The number of rotatable bonds is 8. The molecule has 42 heavy (non-hydrogen) atoms. The first-order chi connectivity index (χ1) is 19.8. The normalized spacial score (nSPS) is 18.8. The number of aromatic carboxylic acids is 1. The highest BCUT2D eigenvalue weighted by Crippen LogP contribution is 2.49. The fraction of sp³-hybridized carbons (Fsp3) is 0.375. The molecule has 1 saturated heterocycles. The van der Waals surface area contributed by atoms with E-state index in [1.54, 1.807) is 44.4 Å². The van der Waals surface area contributed by atoms with Crippen molar-refractivity contribution in [3.63, 3.8) is 0 Å². The van der Waals surface area contributed by atoms with Gasteiger partial charge in [0.25, 0.3) is 5.79 Å². The first-order valence-corrected chi connectivity index (χ1v) is 14.0.